The fraction of sp³-hybridized carbons (Fsp3) is 0.222. The summed E-state index contributed by atoms with van der Waals surface area (Å²) in [6.45, 7) is 1.82. The molecule has 1 aromatic carbocycles. The number of esters is 1. The molecule has 1 aromatic rings. The molecule has 0 radical (unpaired) electrons. The highest BCUT2D eigenvalue weighted by atomic mass is 79.9. The minimum atomic E-state index is -0.676. The van der Waals surface area contributed by atoms with Crippen molar-refractivity contribution in [2.24, 2.45) is 0 Å². The van der Waals surface area contributed by atoms with Crippen molar-refractivity contribution < 1.29 is 14.5 Å². The van der Waals surface area contributed by atoms with Crippen LogP contribution in [0.4, 0.5) is 11.4 Å². The zero-order valence-corrected chi connectivity index (χ0v) is 9.98. The third kappa shape index (κ3) is 2.48. The average molecular weight is 289 g/mol. The molecule has 0 saturated heterocycles. The first-order chi connectivity index (χ1) is 7.47. The van der Waals surface area contributed by atoms with Gasteiger partial charge in [-0.25, -0.2) is 4.79 Å². The summed E-state index contributed by atoms with van der Waals surface area (Å²) in [5.74, 6) is -0.676. The van der Waals surface area contributed by atoms with Crippen molar-refractivity contribution in [3.8, 4) is 0 Å². The monoisotopic (exact) mass is 288 g/mol. The molecule has 0 fully saturated rings. The molecule has 6 nitrogen and oxygen atoms in total. The molecular formula is C9H9BrN2O4. The zero-order valence-electron chi connectivity index (χ0n) is 8.40. The number of ether oxygens (including phenoxy) is 1. The first kappa shape index (κ1) is 12.4. The molecule has 0 aliphatic rings. The van der Waals surface area contributed by atoms with Crippen LogP contribution >= 0.6 is 15.9 Å². The predicted octanol–water partition coefficient (Wildman–Crippen LogP) is 2.12. The van der Waals surface area contributed by atoms with E-state index in [0.29, 0.717) is 4.47 Å². The molecule has 0 aliphatic heterocycles. The summed E-state index contributed by atoms with van der Waals surface area (Å²) in [4.78, 5) is 21.5. The van der Waals surface area contributed by atoms with Crippen LogP contribution in [-0.4, -0.2) is 17.5 Å². The summed E-state index contributed by atoms with van der Waals surface area (Å²) in [5.41, 5.74) is 5.00. The number of hydrogen-bond acceptors (Lipinski definition) is 5. The maximum absolute atomic E-state index is 11.4. The number of nitro groups is 1. The fourth-order valence-electron chi connectivity index (χ4n) is 1.13. The molecule has 2 N–H and O–H groups in total. The van der Waals surface area contributed by atoms with E-state index >= 15 is 0 Å². The molecule has 0 heterocycles. The van der Waals surface area contributed by atoms with Gasteiger partial charge in [0.05, 0.1) is 17.1 Å². The van der Waals surface area contributed by atoms with E-state index in [-0.39, 0.29) is 23.5 Å². The van der Waals surface area contributed by atoms with Crippen LogP contribution in [0.2, 0.25) is 0 Å². The molecule has 0 unspecified atom stereocenters. The van der Waals surface area contributed by atoms with Crippen LogP contribution in [-0.2, 0) is 4.74 Å². The van der Waals surface area contributed by atoms with Crippen molar-refractivity contribution in [2.75, 3.05) is 12.3 Å². The number of carbonyl (C=O) groups excluding carboxylic acids is 1. The van der Waals surface area contributed by atoms with Crippen molar-refractivity contribution in [3.63, 3.8) is 0 Å². The summed E-state index contributed by atoms with van der Waals surface area (Å²) >= 11 is 3.07. The second-order valence-corrected chi connectivity index (χ2v) is 3.78. The highest BCUT2D eigenvalue weighted by Crippen LogP contribution is 2.30. The molecule has 0 atom stereocenters. The highest BCUT2D eigenvalue weighted by Gasteiger charge is 2.21. The Morgan fingerprint density at radius 3 is 2.75 bits per heavy atom. The molecule has 0 bridgehead atoms. The van der Waals surface area contributed by atoms with Crippen molar-refractivity contribution in [1.82, 2.24) is 0 Å². The first-order valence-electron chi connectivity index (χ1n) is 4.38. The van der Waals surface area contributed by atoms with E-state index in [1.165, 1.54) is 12.1 Å². The molecule has 1 rings (SSSR count). The van der Waals surface area contributed by atoms with Gasteiger partial charge in [0, 0.05) is 10.5 Å². The van der Waals surface area contributed by atoms with Gasteiger partial charge in [-0.2, -0.15) is 0 Å². The largest absolute Gasteiger partial charge is 0.462 e. The lowest BCUT2D eigenvalue weighted by atomic mass is 10.1. The number of nitrogen functional groups attached to an aromatic ring is 1. The average Bonchev–Trinajstić information content (AvgIpc) is 2.20. The van der Waals surface area contributed by atoms with Gasteiger partial charge in [-0.05, 0) is 13.0 Å². The van der Waals surface area contributed by atoms with Crippen LogP contribution < -0.4 is 5.73 Å². The minimum absolute atomic E-state index is 0.0112. The topological polar surface area (TPSA) is 95.5 Å². The number of anilines is 1. The lowest BCUT2D eigenvalue weighted by molar-refractivity contribution is -0.384. The van der Waals surface area contributed by atoms with Gasteiger partial charge >= 0.3 is 5.97 Å². The molecule has 0 spiro atoms. The van der Waals surface area contributed by atoms with Crippen molar-refractivity contribution >= 4 is 33.3 Å². The summed E-state index contributed by atoms with van der Waals surface area (Å²) in [5, 5.41) is 10.7. The first-order valence-corrected chi connectivity index (χ1v) is 5.17. The number of nitrogens with zero attached hydrogens (tertiary/aromatic N) is 1. The Morgan fingerprint density at radius 2 is 2.25 bits per heavy atom. The second kappa shape index (κ2) is 4.93. The van der Waals surface area contributed by atoms with E-state index in [1.807, 2.05) is 0 Å². The number of rotatable bonds is 3. The van der Waals surface area contributed by atoms with E-state index in [0.717, 1.165) is 0 Å². The third-order valence-corrected chi connectivity index (χ3v) is 2.27. The number of nitro benzene ring substituents is 1. The number of carbonyl (C=O) groups is 1. The maximum atomic E-state index is 11.4. The number of halogens is 1. The molecule has 0 aromatic heterocycles. The van der Waals surface area contributed by atoms with Crippen LogP contribution in [0.25, 0.3) is 0 Å². The maximum Gasteiger partial charge on any atom is 0.340 e. The Labute approximate surface area is 99.7 Å². The summed E-state index contributed by atoms with van der Waals surface area (Å²) in [7, 11) is 0. The SMILES string of the molecule is CCOC(=O)c1cc(Br)cc([N+](=O)[O-])c1N. The molecule has 16 heavy (non-hydrogen) atoms. The van der Waals surface area contributed by atoms with Gasteiger partial charge in [-0.15, -0.1) is 0 Å². The Morgan fingerprint density at radius 1 is 1.62 bits per heavy atom. The minimum Gasteiger partial charge on any atom is -0.462 e. The van der Waals surface area contributed by atoms with Gasteiger partial charge < -0.3 is 10.5 Å². The predicted molar refractivity (Wildman–Crippen MR) is 61.2 cm³/mol. The van der Waals surface area contributed by atoms with Crippen molar-refractivity contribution in [2.45, 2.75) is 6.92 Å². The smallest absolute Gasteiger partial charge is 0.340 e. The van der Waals surface area contributed by atoms with E-state index in [1.54, 1.807) is 6.92 Å². The van der Waals surface area contributed by atoms with Gasteiger partial charge in [-0.3, -0.25) is 10.1 Å². The fourth-order valence-corrected chi connectivity index (χ4v) is 1.58. The number of benzene rings is 1. The summed E-state index contributed by atoms with van der Waals surface area (Å²) in [6, 6.07) is 2.62. The lowest BCUT2D eigenvalue weighted by Crippen LogP contribution is -2.09. The quantitative estimate of drug-likeness (QED) is 0.398. The van der Waals surface area contributed by atoms with Crippen LogP contribution in [0.3, 0.4) is 0 Å². The molecule has 0 saturated carbocycles. The van der Waals surface area contributed by atoms with E-state index in [4.69, 9.17) is 10.5 Å². The van der Waals surface area contributed by atoms with Crippen LogP contribution in [0.5, 0.6) is 0 Å². The Bertz CT molecular complexity index is 447. The highest BCUT2D eigenvalue weighted by molar-refractivity contribution is 9.10. The van der Waals surface area contributed by atoms with Crippen molar-refractivity contribution in [3.05, 3.63) is 32.3 Å². The lowest BCUT2D eigenvalue weighted by Gasteiger charge is -2.06. The van der Waals surface area contributed by atoms with Gasteiger partial charge in [0.25, 0.3) is 5.69 Å². The Balaban J connectivity index is 3.29. The van der Waals surface area contributed by atoms with E-state index in [2.05, 4.69) is 15.9 Å². The van der Waals surface area contributed by atoms with Crippen molar-refractivity contribution in [1.29, 1.82) is 0 Å². The standard InChI is InChI=1S/C9H9BrN2O4/c1-2-16-9(13)6-3-5(10)4-7(8(6)11)12(14)15/h3-4H,2,11H2,1H3. The molecule has 86 valence electrons. The van der Waals surface area contributed by atoms with Gasteiger partial charge in [0.1, 0.15) is 5.69 Å². The van der Waals surface area contributed by atoms with Crippen LogP contribution in [0.15, 0.2) is 16.6 Å². The van der Waals surface area contributed by atoms with Crippen LogP contribution in [0.1, 0.15) is 17.3 Å². The molecule has 7 heteroatoms. The van der Waals surface area contributed by atoms with E-state index < -0.39 is 10.9 Å². The van der Waals surface area contributed by atoms with Crippen LogP contribution in [0, 0.1) is 10.1 Å². The van der Waals surface area contributed by atoms with Gasteiger partial charge in [-0.1, -0.05) is 15.9 Å². The zero-order chi connectivity index (χ0) is 12.3. The number of nitrogens with two attached hydrogens (primary N) is 1. The number of hydrogen-bond donors (Lipinski definition) is 1. The Kier molecular flexibility index (Phi) is 3.83. The molecule has 0 amide bonds. The van der Waals surface area contributed by atoms with E-state index in [9.17, 15) is 14.9 Å². The molecule has 0 aliphatic carbocycles. The second-order valence-electron chi connectivity index (χ2n) is 2.86. The molecular weight excluding hydrogens is 280 g/mol. The van der Waals surface area contributed by atoms with Gasteiger partial charge in [0.2, 0.25) is 0 Å². The Hall–Kier alpha value is -1.63. The summed E-state index contributed by atoms with van der Waals surface area (Å²) in [6.07, 6.45) is 0. The van der Waals surface area contributed by atoms with Gasteiger partial charge in [0.15, 0.2) is 0 Å². The normalized spacial score (nSPS) is 9.88. The third-order valence-electron chi connectivity index (χ3n) is 1.81. The summed E-state index contributed by atoms with van der Waals surface area (Å²) < 4.78 is 5.14.